The van der Waals surface area contributed by atoms with E-state index >= 15 is 0 Å². The molecule has 3 nitrogen and oxygen atoms in total. The number of unbranched alkanes of at least 4 members (excludes halogenated alkanes) is 1. The molecule has 1 N–H and O–H groups in total. The summed E-state index contributed by atoms with van der Waals surface area (Å²) < 4.78 is 0. The van der Waals surface area contributed by atoms with Crippen LogP contribution >= 0.6 is 0 Å². The number of hydrogen-bond acceptors (Lipinski definition) is 2. The maximum absolute atomic E-state index is 12.4. The molecule has 0 saturated carbocycles. The minimum Gasteiger partial charge on any atom is -0.396 e. The van der Waals surface area contributed by atoms with E-state index < -0.39 is 0 Å². The maximum atomic E-state index is 12.4. The lowest BCUT2D eigenvalue weighted by atomic mass is 10.0. The van der Waals surface area contributed by atoms with Crippen LogP contribution in [-0.4, -0.2) is 35.1 Å². The monoisotopic (exact) mass is 291 g/mol. The molecule has 118 valence electrons. The molecular formula is C18H29NO2. The van der Waals surface area contributed by atoms with E-state index in [0.717, 1.165) is 12.0 Å². The van der Waals surface area contributed by atoms with Crippen molar-refractivity contribution in [1.29, 1.82) is 0 Å². The van der Waals surface area contributed by atoms with Crippen LogP contribution in [0.2, 0.25) is 0 Å². The molecule has 0 radical (unpaired) electrons. The van der Waals surface area contributed by atoms with Gasteiger partial charge in [-0.15, -0.1) is 0 Å². The van der Waals surface area contributed by atoms with E-state index in [0.29, 0.717) is 19.4 Å². The third-order valence-electron chi connectivity index (χ3n) is 3.70. The molecular weight excluding hydrogens is 262 g/mol. The van der Waals surface area contributed by atoms with E-state index in [1.165, 1.54) is 18.4 Å². The van der Waals surface area contributed by atoms with Crippen molar-refractivity contribution in [1.82, 2.24) is 4.90 Å². The molecule has 1 amide bonds. The summed E-state index contributed by atoms with van der Waals surface area (Å²) in [4.78, 5) is 14.2. The molecule has 0 aliphatic heterocycles. The molecule has 0 aliphatic rings. The van der Waals surface area contributed by atoms with Crippen molar-refractivity contribution in [3.05, 3.63) is 35.4 Å². The van der Waals surface area contributed by atoms with Crippen LogP contribution in [0.4, 0.5) is 0 Å². The quantitative estimate of drug-likeness (QED) is 0.759. The smallest absolute Gasteiger partial charge is 0.227 e. The summed E-state index contributed by atoms with van der Waals surface area (Å²) >= 11 is 0. The Balaban J connectivity index is 2.59. The molecule has 1 aromatic carbocycles. The summed E-state index contributed by atoms with van der Waals surface area (Å²) in [5.74, 6) is 0.139. The number of rotatable bonds is 9. The fourth-order valence-corrected chi connectivity index (χ4v) is 2.39. The van der Waals surface area contributed by atoms with Crippen molar-refractivity contribution in [3.63, 3.8) is 0 Å². The molecule has 0 heterocycles. The molecule has 0 aliphatic carbocycles. The van der Waals surface area contributed by atoms with Gasteiger partial charge in [0, 0.05) is 19.2 Å². The van der Waals surface area contributed by atoms with E-state index in [9.17, 15) is 4.79 Å². The predicted octanol–water partition coefficient (Wildman–Crippen LogP) is 3.19. The Morgan fingerprint density at radius 2 is 1.76 bits per heavy atom. The maximum Gasteiger partial charge on any atom is 0.227 e. The van der Waals surface area contributed by atoms with Crippen molar-refractivity contribution in [3.8, 4) is 0 Å². The number of aliphatic hydroxyl groups is 1. The van der Waals surface area contributed by atoms with E-state index in [-0.39, 0.29) is 18.6 Å². The van der Waals surface area contributed by atoms with E-state index in [4.69, 9.17) is 5.11 Å². The number of carbonyl (C=O) groups excluding carboxylic acids is 1. The van der Waals surface area contributed by atoms with Crippen LogP contribution in [0.3, 0.4) is 0 Å². The van der Waals surface area contributed by atoms with Gasteiger partial charge < -0.3 is 10.0 Å². The topological polar surface area (TPSA) is 40.5 Å². The van der Waals surface area contributed by atoms with E-state index in [1.54, 1.807) is 0 Å². The first kappa shape index (κ1) is 17.7. The average molecular weight is 291 g/mol. The summed E-state index contributed by atoms with van der Waals surface area (Å²) in [6.45, 7) is 6.98. The zero-order valence-electron chi connectivity index (χ0n) is 13.6. The van der Waals surface area contributed by atoms with Crippen LogP contribution in [0.25, 0.3) is 0 Å². The molecule has 3 heteroatoms. The zero-order valence-corrected chi connectivity index (χ0v) is 13.6. The molecule has 0 saturated heterocycles. The first-order valence-corrected chi connectivity index (χ1v) is 8.06. The van der Waals surface area contributed by atoms with Crippen LogP contribution in [0, 0.1) is 0 Å². The van der Waals surface area contributed by atoms with Crippen LogP contribution in [0.5, 0.6) is 0 Å². The van der Waals surface area contributed by atoms with Gasteiger partial charge in [0.05, 0.1) is 6.42 Å². The van der Waals surface area contributed by atoms with Crippen molar-refractivity contribution >= 4 is 5.91 Å². The Morgan fingerprint density at radius 3 is 2.29 bits per heavy atom. The van der Waals surface area contributed by atoms with Gasteiger partial charge in [0.2, 0.25) is 5.91 Å². The molecule has 0 aromatic heterocycles. The van der Waals surface area contributed by atoms with Gasteiger partial charge in [-0.2, -0.15) is 0 Å². The Kier molecular flexibility index (Phi) is 8.06. The standard InChI is InChI=1S/C18H29NO2/c1-4-5-7-16-8-10-17(11-9-16)14-18(21)19(15(2)3)12-6-13-20/h8-11,15,20H,4-7,12-14H2,1-3H3. The second-order valence-corrected chi connectivity index (χ2v) is 5.85. The third kappa shape index (κ3) is 6.30. The summed E-state index contributed by atoms with van der Waals surface area (Å²) in [7, 11) is 0. The first-order chi connectivity index (χ1) is 10.1. The minimum absolute atomic E-state index is 0.128. The van der Waals surface area contributed by atoms with Gasteiger partial charge in [0.1, 0.15) is 0 Å². The lowest BCUT2D eigenvalue weighted by Crippen LogP contribution is -2.39. The summed E-state index contributed by atoms with van der Waals surface area (Å²) in [5.41, 5.74) is 2.41. The Morgan fingerprint density at radius 1 is 1.14 bits per heavy atom. The zero-order chi connectivity index (χ0) is 15.7. The highest BCUT2D eigenvalue weighted by atomic mass is 16.3. The number of aliphatic hydroxyl groups excluding tert-OH is 1. The molecule has 0 unspecified atom stereocenters. The lowest BCUT2D eigenvalue weighted by molar-refractivity contribution is -0.132. The summed E-state index contributed by atoms with van der Waals surface area (Å²) in [6, 6.07) is 8.56. The van der Waals surface area contributed by atoms with Gasteiger partial charge in [-0.3, -0.25) is 4.79 Å². The van der Waals surface area contributed by atoms with Gasteiger partial charge in [0.15, 0.2) is 0 Å². The first-order valence-electron chi connectivity index (χ1n) is 8.06. The Labute approximate surface area is 129 Å². The lowest BCUT2D eigenvalue weighted by Gasteiger charge is -2.26. The van der Waals surface area contributed by atoms with Crippen LogP contribution < -0.4 is 0 Å². The molecule has 1 aromatic rings. The number of amides is 1. The molecule has 21 heavy (non-hydrogen) atoms. The SMILES string of the molecule is CCCCc1ccc(CC(=O)N(CCCO)C(C)C)cc1. The fraction of sp³-hybridized carbons (Fsp3) is 0.611. The number of benzene rings is 1. The summed E-state index contributed by atoms with van der Waals surface area (Å²) in [5, 5.41) is 8.93. The van der Waals surface area contributed by atoms with Crippen molar-refractivity contribution < 1.29 is 9.90 Å². The molecule has 0 atom stereocenters. The largest absolute Gasteiger partial charge is 0.396 e. The average Bonchev–Trinajstić information content (AvgIpc) is 2.46. The van der Waals surface area contributed by atoms with Crippen molar-refractivity contribution in [2.45, 2.75) is 58.9 Å². The Bertz CT molecular complexity index is 412. The van der Waals surface area contributed by atoms with Gasteiger partial charge in [-0.1, -0.05) is 37.6 Å². The second kappa shape index (κ2) is 9.56. The molecule has 0 bridgehead atoms. The van der Waals surface area contributed by atoms with Crippen molar-refractivity contribution in [2.24, 2.45) is 0 Å². The van der Waals surface area contributed by atoms with Crippen LogP contribution in [0.1, 0.15) is 51.2 Å². The molecule has 1 rings (SSSR count). The number of carbonyl (C=O) groups is 1. The summed E-state index contributed by atoms with van der Waals surface area (Å²) in [6.07, 6.45) is 4.60. The highest BCUT2D eigenvalue weighted by Gasteiger charge is 2.16. The second-order valence-electron chi connectivity index (χ2n) is 5.85. The number of hydrogen-bond donors (Lipinski definition) is 1. The van der Waals surface area contributed by atoms with Gasteiger partial charge >= 0.3 is 0 Å². The molecule has 0 fully saturated rings. The molecule has 0 spiro atoms. The van der Waals surface area contributed by atoms with Gasteiger partial charge in [-0.25, -0.2) is 0 Å². The minimum atomic E-state index is 0.128. The normalized spacial score (nSPS) is 10.9. The Hall–Kier alpha value is -1.35. The number of nitrogens with zero attached hydrogens (tertiary/aromatic N) is 1. The highest BCUT2D eigenvalue weighted by Crippen LogP contribution is 2.11. The number of aryl methyl sites for hydroxylation is 1. The van der Waals surface area contributed by atoms with Crippen LogP contribution in [-0.2, 0) is 17.6 Å². The highest BCUT2D eigenvalue weighted by molar-refractivity contribution is 5.79. The predicted molar refractivity (Wildman–Crippen MR) is 87.3 cm³/mol. The van der Waals surface area contributed by atoms with Gasteiger partial charge in [-0.05, 0) is 44.2 Å². The van der Waals surface area contributed by atoms with E-state index in [1.807, 2.05) is 18.7 Å². The van der Waals surface area contributed by atoms with Crippen LogP contribution in [0.15, 0.2) is 24.3 Å². The van der Waals surface area contributed by atoms with Gasteiger partial charge in [0.25, 0.3) is 0 Å². The van der Waals surface area contributed by atoms with Crippen molar-refractivity contribution in [2.75, 3.05) is 13.2 Å². The third-order valence-corrected chi connectivity index (χ3v) is 3.70. The fourth-order valence-electron chi connectivity index (χ4n) is 2.39. The van der Waals surface area contributed by atoms with E-state index in [2.05, 4.69) is 31.2 Å².